The molecule has 0 aliphatic carbocycles. The van der Waals surface area contributed by atoms with Gasteiger partial charge in [-0.3, -0.25) is 25.0 Å². The van der Waals surface area contributed by atoms with Crippen molar-refractivity contribution in [2.24, 2.45) is 0 Å². The van der Waals surface area contributed by atoms with Crippen molar-refractivity contribution in [3.63, 3.8) is 0 Å². The summed E-state index contributed by atoms with van der Waals surface area (Å²) in [5, 5.41) is 20.5. The highest BCUT2D eigenvalue weighted by Crippen LogP contribution is 2.30. The summed E-state index contributed by atoms with van der Waals surface area (Å²) in [4.78, 5) is 30.1. The van der Waals surface area contributed by atoms with Gasteiger partial charge < -0.3 is 4.74 Å². The lowest BCUT2D eigenvalue weighted by molar-refractivity contribution is -0.394. The Labute approximate surface area is 105 Å². The van der Waals surface area contributed by atoms with Crippen molar-refractivity contribution < 1.29 is 19.4 Å². The van der Waals surface area contributed by atoms with Crippen molar-refractivity contribution in [3.05, 3.63) is 38.4 Å². The van der Waals surface area contributed by atoms with Crippen LogP contribution in [0.5, 0.6) is 5.75 Å². The number of nitrogens with zero attached hydrogens (tertiary/aromatic N) is 2. The van der Waals surface area contributed by atoms with Crippen molar-refractivity contribution in [1.82, 2.24) is 0 Å². The van der Waals surface area contributed by atoms with Crippen molar-refractivity contribution in [1.29, 1.82) is 0 Å². The Balaban J connectivity index is 2.93. The fraction of sp³-hybridized carbons (Fsp3) is 0.222. The van der Waals surface area contributed by atoms with Crippen LogP contribution in [0.25, 0.3) is 0 Å². The van der Waals surface area contributed by atoms with Crippen molar-refractivity contribution in [2.45, 2.75) is 6.42 Å². The second-order valence-corrected chi connectivity index (χ2v) is 3.54. The minimum Gasteiger partial charge on any atom is -0.486 e. The highest BCUT2D eigenvalue weighted by molar-refractivity contribution is 6.63. The molecule has 0 bridgehead atoms. The van der Waals surface area contributed by atoms with Crippen LogP contribution >= 0.6 is 11.6 Å². The van der Waals surface area contributed by atoms with E-state index in [1.165, 1.54) is 0 Å². The van der Waals surface area contributed by atoms with E-state index in [1.807, 2.05) is 0 Å². The molecule has 18 heavy (non-hydrogen) atoms. The van der Waals surface area contributed by atoms with E-state index in [1.54, 1.807) is 0 Å². The Kier molecular flexibility index (Phi) is 4.55. The number of carbonyl (C=O) groups is 1. The average molecular weight is 275 g/mol. The van der Waals surface area contributed by atoms with Gasteiger partial charge in [0.2, 0.25) is 5.24 Å². The summed E-state index contributed by atoms with van der Waals surface area (Å²) < 4.78 is 4.97. The molecule has 1 aromatic rings. The first-order valence-corrected chi connectivity index (χ1v) is 5.03. The van der Waals surface area contributed by atoms with Crippen LogP contribution in [0.4, 0.5) is 11.4 Å². The summed E-state index contributed by atoms with van der Waals surface area (Å²) in [7, 11) is 0. The molecule has 0 fully saturated rings. The molecule has 0 radical (unpaired) electrons. The summed E-state index contributed by atoms with van der Waals surface area (Å²) in [5.74, 6) is -0.150. The second kappa shape index (κ2) is 5.92. The van der Waals surface area contributed by atoms with Crippen molar-refractivity contribution in [3.8, 4) is 5.75 Å². The number of ether oxygens (including phenoxy) is 1. The number of rotatable bonds is 6. The van der Waals surface area contributed by atoms with E-state index in [2.05, 4.69) is 0 Å². The standard InChI is InChI=1S/C9H7ClN2O6/c10-9(13)3-4-18-8-2-1-6(11(14)15)5-7(8)12(16)17/h1-2,5H,3-4H2. The smallest absolute Gasteiger partial charge is 0.317 e. The fourth-order valence-corrected chi connectivity index (χ4v) is 1.20. The fourth-order valence-electron chi connectivity index (χ4n) is 1.13. The number of halogens is 1. The first-order valence-electron chi connectivity index (χ1n) is 4.66. The summed E-state index contributed by atoms with van der Waals surface area (Å²) >= 11 is 5.07. The predicted octanol–water partition coefficient (Wildman–Crippen LogP) is 2.04. The van der Waals surface area contributed by atoms with E-state index in [0.29, 0.717) is 0 Å². The highest BCUT2D eigenvalue weighted by Gasteiger charge is 2.20. The van der Waals surface area contributed by atoms with Crippen LogP contribution in [0.1, 0.15) is 6.42 Å². The second-order valence-electron chi connectivity index (χ2n) is 3.12. The molecule has 0 heterocycles. The first-order chi connectivity index (χ1) is 8.41. The average Bonchev–Trinajstić information content (AvgIpc) is 2.28. The van der Waals surface area contributed by atoms with Crippen molar-refractivity contribution >= 4 is 28.2 Å². The third-order valence-electron chi connectivity index (χ3n) is 1.91. The van der Waals surface area contributed by atoms with E-state index in [9.17, 15) is 25.0 Å². The minimum absolute atomic E-state index is 0.115. The lowest BCUT2D eigenvalue weighted by Crippen LogP contribution is -2.03. The maximum atomic E-state index is 10.7. The van der Waals surface area contributed by atoms with Gasteiger partial charge in [-0.1, -0.05) is 0 Å². The van der Waals surface area contributed by atoms with Gasteiger partial charge in [0.1, 0.15) is 0 Å². The van der Waals surface area contributed by atoms with Gasteiger partial charge in [-0.2, -0.15) is 0 Å². The van der Waals surface area contributed by atoms with E-state index >= 15 is 0 Å². The topological polar surface area (TPSA) is 113 Å². The number of benzene rings is 1. The number of hydrogen-bond acceptors (Lipinski definition) is 6. The quantitative estimate of drug-likeness (QED) is 0.445. The van der Waals surface area contributed by atoms with Gasteiger partial charge >= 0.3 is 5.69 Å². The van der Waals surface area contributed by atoms with Crippen molar-refractivity contribution in [2.75, 3.05) is 6.61 Å². The minimum atomic E-state index is -0.801. The molecule has 0 spiro atoms. The molecule has 8 nitrogen and oxygen atoms in total. The molecule has 0 aromatic heterocycles. The van der Waals surface area contributed by atoms with E-state index < -0.39 is 26.5 Å². The molecule has 9 heteroatoms. The molecule has 0 atom stereocenters. The Hall–Kier alpha value is -2.22. The maximum absolute atomic E-state index is 10.7. The molecular formula is C9H7ClN2O6. The van der Waals surface area contributed by atoms with Gasteiger partial charge in [0, 0.05) is 6.07 Å². The number of nitro benzene ring substituents is 2. The molecule has 96 valence electrons. The zero-order chi connectivity index (χ0) is 13.7. The monoisotopic (exact) mass is 274 g/mol. The largest absolute Gasteiger partial charge is 0.486 e. The Morgan fingerprint density at radius 3 is 2.44 bits per heavy atom. The zero-order valence-corrected chi connectivity index (χ0v) is 9.62. The molecule has 0 saturated carbocycles. The van der Waals surface area contributed by atoms with Crippen LogP contribution in [-0.2, 0) is 4.79 Å². The summed E-state index contributed by atoms with van der Waals surface area (Å²) in [5.41, 5.74) is -0.950. The van der Waals surface area contributed by atoms with Crippen LogP contribution in [0.15, 0.2) is 18.2 Å². The number of nitro groups is 2. The van der Waals surface area contributed by atoms with Gasteiger partial charge in [0.25, 0.3) is 5.69 Å². The Morgan fingerprint density at radius 1 is 1.28 bits per heavy atom. The summed E-state index contributed by atoms with van der Waals surface area (Å²) in [6.07, 6.45) is -0.115. The molecular weight excluding hydrogens is 268 g/mol. The van der Waals surface area contributed by atoms with Gasteiger partial charge in [-0.05, 0) is 17.7 Å². The predicted molar refractivity (Wildman–Crippen MR) is 60.7 cm³/mol. The molecule has 0 N–H and O–H groups in total. The molecule has 1 aromatic carbocycles. The van der Waals surface area contributed by atoms with Gasteiger partial charge in [-0.25, -0.2) is 0 Å². The van der Waals surface area contributed by atoms with Gasteiger partial charge in [-0.15, -0.1) is 0 Å². The molecule has 0 aliphatic heterocycles. The summed E-state index contributed by atoms with van der Waals surface area (Å²) in [6, 6.07) is 2.97. The van der Waals surface area contributed by atoms with E-state index in [4.69, 9.17) is 16.3 Å². The SMILES string of the molecule is O=C(Cl)CCOc1ccc([N+](=O)[O-])cc1[N+](=O)[O-]. The Morgan fingerprint density at radius 2 is 1.94 bits per heavy atom. The van der Waals surface area contributed by atoms with E-state index in [0.717, 1.165) is 18.2 Å². The van der Waals surface area contributed by atoms with E-state index in [-0.39, 0.29) is 18.8 Å². The van der Waals surface area contributed by atoms with Gasteiger partial charge in [0.15, 0.2) is 5.75 Å². The van der Waals surface area contributed by atoms with Crippen LogP contribution in [0.3, 0.4) is 0 Å². The number of non-ortho nitro benzene ring substituents is 1. The molecule has 0 amide bonds. The lowest BCUT2D eigenvalue weighted by atomic mass is 10.2. The van der Waals surface area contributed by atoms with Gasteiger partial charge in [0.05, 0.1) is 28.9 Å². The van der Waals surface area contributed by atoms with Crippen LogP contribution in [0, 0.1) is 20.2 Å². The normalized spacial score (nSPS) is 9.83. The highest BCUT2D eigenvalue weighted by atomic mass is 35.5. The first kappa shape index (κ1) is 13.8. The Bertz CT molecular complexity index is 504. The van der Waals surface area contributed by atoms with Crippen LogP contribution in [0.2, 0.25) is 0 Å². The third kappa shape index (κ3) is 3.67. The molecule has 0 aliphatic rings. The third-order valence-corrected chi connectivity index (χ3v) is 2.10. The summed E-state index contributed by atoms with van der Waals surface area (Å²) in [6.45, 7) is -0.138. The number of carbonyl (C=O) groups excluding carboxylic acids is 1. The molecule has 0 unspecified atom stereocenters. The molecule has 0 saturated heterocycles. The maximum Gasteiger partial charge on any atom is 0.317 e. The number of hydrogen-bond donors (Lipinski definition) is 0. The zero-order valence-electron chi connectivity index (χ0n) is 8.87. The lowest BCUT2D eigenvalue weighted by Gasteiger charge is -2.04. The van der Waals surface area contributed by atoms with Crippen LogP contribution in [-0.4, -0.2) is 21.7 Å². The van der Waals surface area contributed by atoms with Crippen LogP contribution < -0.4 is 4.74 Å². The molecule has 1 rings (SSSR count).